The molecule has 0 saturated heterocycles. The molecule has 0 saturated carbocycles. The van der Waals surface area contributed by atoms with E-state index < -0.39 is 11.6 Å². The first-order chi connectivity index (χ1) is 4.22. The van der Waals surface area contributed by atoms with Crippen molar-refractivity contribution in [2.75, 3.05) is 0 Å². The summed E-state index contributed by atoms with van der Waals surface area (Å²) in [6, 6.07) is 0. The fraction of sp³-hybridized carbons (Fsp3) is 0. The molecule has 0 aromatic carbocycles. The highest BCUT2D eigenvalue weighted by atomic mass is 16.1. The topological polar surface area (TPSA) is 116 Å². The minimum atomic E-state index is -0.963. The summed E-state index contributed by atoms with van der Waals surface area (Å²) in [7, 11) is 0. The Morgan fingerprint density at radius 2 is 2.11 bits per heavy atom. The van der Waals surface area contributed by atoms with Gasteiger partial charge in [0.2, 0.25) is 0 Å². The van der Waals surface area contributed by atoms with Crippen LogP contribution in [0, 0.1) is 0 Å². The Morgan fingerprint density at radius 3 is 2.22 bits per heavy atom. The van der Waals surface area contributed by atoms with Crippen molar-refractivity contribution in [2.45, 2.75) is 0 Å². The lowest BCUT2D eigenvalue weighted by molar-refractivity contribution is -0.116. The van der Waals surface area contributed by atoms with E-state index in [-0.39, 0.29) is 0 Å². The van der Waals surface area contributed by atoms with E-state index in [1.807, 2.05) is 0 Å². The van der Waals surface area contributed by atoms with Gasteiger partial charge in [0, 0.05) is 0 Å². The average Bonchev–Trinajstić information content (AvgIpc) is 1.82. The van der Waals surface area contributed by atoms with Gasteiger partial charge in [-0.3, -0.25) is 4.79 Å². The number of primary amides is 1. The van der Waals surface area contributed by atoms with Crippen LogP contribution in [0.15, 0.2) is 0 Å². The van der Waals surface area contributed by atoms with Crippen LogP contribution in [-0.4, -0.2) is 27.4 Å². The molecule has 6 heteroatoms. The van der Waals surface area contributed by atoms with E-state index in [0.29, 0.717) is 6.21 Å². The Labute approximate surface area is 50.1 Å². The van der Waals surface area contributed by atoms with Crippen molar-refractivity contribution in [3.8, 4) is 0 Å². The lowest BCUT2D eigenvalue weighted by atomic mass is 10.4. The third-order valence-corrected chi connectivity index (χ3v) is 0.540. The monoisotopic (exact) mass is 125 g/mol. The van der Waals surface area contributed by atoms with E-state index >= 15 is 0 Å². The Kier molecular flexibility index (Phi) is 2.62. The second-order valence-corrected chi connectivity index (χ2v) is 1.09. The predicted molar refractivity (Wildman–Crippen MR) is 27.5 cm³/mol. The van der Waals surface area contributed by atoms with Gasteiger partial charge in [0.25, 0.3) is 0 Å². The highest BCUT2D eigenvalue weighted by Gasteiger charge is 2.16. The molecule has 2 N–H and O–H groups in total. The summed E-state index contributed by atoms with van der Waals surface area (Å²) in [4.78, 5) is 14.9. The summed E-state index contributed by atoms with van der Waals surface area (Å²) in [5, 5.41) is 0. The summed E-state index contributed by atoms with van der Waals surface area (Å²) in [5.41, 5.74) is 19.8. The molecule has 0 fully saturated rings. The molecular weight excluding hydrogens is 122 g/mol. The van der Waals surface area contributed by atoms with E-state index in [0.717, 1.165) is 0 Å². The Hall–Kier alpha value is -1.77. The van der Waals surface area contributed by atoms with Crippen molar-refractivity contribution in [3.05, 3.63) is 11.1 Å². The lowest BCUT2D eigenvalue weighted by Gasteiger charge is -1.68. The van der Waals surface area contributed by atoms with E-state index in [1.54, 1.807) is 0 Å². The molecule has 0 bridgehead atoms. The van der Waals surface area contributed by atoms with Gasteiger partial charge in [-0.05, 0) is 0 Å². The van der Waals surface area contributed by atoms with E-state index in [9.17, 15) is 4.79 Å². The van der Waals surface area contributed by atoms with Gasteiger partial charge in [-0.25, -0.2) is 0 Å². The first-order valence-electron chi connectivity index (χ1n) is 1.91. The number of rotatable bonds is 2. The molecule has 0 aliphatic carbocycles. The molecule has 1 amide bonds. The molecule has 0 aromatic rings. The van der Waals surface area contributed by atoms with Crippen molar-refractivity contribution in [1.29, 1.82) is 0 Å². The number of nitrogens with two attached hydrogens (primary N) is 1. The molecule has 0 radical (unpaired) electrons. The minimum Gasteiger partial charge on any atom is -0.361 e. The molecular formula is C3H3N5O. The van der Waals surface area contributed by atoms with Crippen molar-refractivity contribution in [2.24, 2.45) is 5.73 Å². The third-order valence-electron chi connectivity index (χ3n) is 0.540. The minimum absolute atomic E-state index is 0.502. The van der Waals surface area contributed by atoms with Crippen LogP contribution in [0.25, 0.3) is 11.1 Å². The largest absolute Gasteiger partial charge is 0.458 e. The second kappa shape index (κ2) is 3.26. The fourth-order valence-electron chi connectivity index (χ4n) is 0.193. The zero-order valence-corrected chi connectivity index (χ0v) is 4.35. The maximum absolute atomic E-state index is 10.0. The number of amides is 1. The van der Waals surface area contributed by atoms with Crippen molar-refractivity contribution < 1.29 is 14.4 Å². The number of carbonyl (C=O) groups is 1. The van der Waals surface area contributed by atoms with Gasteiger partial charge in [-0.1, -0.05) is 0 Å². The zero-order chi connectivity index (χ0) is 7.28. The van der Waals surface area contributed by atoms with Gasteiger partial charge in [0.15, 0.2) is 0 Å². The molecule has 0 heterocycles. The smallest absolute Gasteiger partial charge is 0.361 e. The fourth-order valence-corrected chi connectivity index (χ4v) is 0.193. The molecule has 46 valence electrons. The summed E-state index contributed by atoms with van der Waals surface area (Å²) in [6.45, 7) is 0. The van der Waals surface area contributed by atoms with Gasteiger partial charge >= 0.3 is 17.8 Å². The third kappa shape index (κ3) is 2.13. The van der Waals surface area contributed by atoms with Crippen LogP contribution in [0.3, 0.4) is 0 Å². The van der Waals surface area contributed by atoms with E-state index in [4.69, 9.17) is 11.1 Å². The SMILES string of the molecule is [N-]=[N+]=CC(=[N+]=[N-])C(N)=O. The molecule has 0 spiro atoms. The molecule has 9 heavy (non-hydrogen) atoms. The Balaban J connectivity index is 4.58. The standard InChI is InChI=1S/C3H3N5O/c4-3(9)2(8-6)1-7-5/h1H,(H2,4,9). The van der Waals surface area contributed by atoms with E-state index in [2.05, 4.69) is 15.3 Å². The Morgan fingerprint density at radius 1 is 1.56 bits per heavy atom. The first-order valence-corrected chi connectivity index (χ1v) is 1.91. The van der Waals surface area contributed by atoms with Gasteiger partial charge in [0.1, 0.15) is 0 Å². The molecule has 0 atom stereocenters. The van der Waals surface area contributed by atoms with Crippen LogP contribution in [-0.2, 0) is 4.79 Å². The Bertz CT molecular complexity index is 214. The number of hydrogen-bond donors (Lipinski definition) is 1. The molecule has 0 unspecified atom stereocenters. The van der Waals surface area contributed by atoms with Crippen LogP contribution in [0.2, 0.25) is 0 Å². The highest BCUT2D eigenvalue weighted by Crippen LogP contribution is 1.57. The maximum atomic E-state index is 10.0. The molecule has 0 aliphatic rings. The maximum Gasteiger partial charge on any atom is 0.458 e. The number of nitrogens with zero attached hydrogens (tertiary/aromatic N) is 4. The van der Waals surface area contributed by atoms with E-state index in [1.165, 1.54) is 0 Å². The van der Waals surface area contributed by atoms with Crippen molar-refractivity contribution in [3.63, 3.8) is 0 Å². The highest BCUT2D eigenvalue weighted by molar-refractivity contribution is 6.57. The van der Waals surface area contributed by atoms with Crippen molar-refractivity contribution >= 4 is 17.8 Å². The van der Waals surface area contributed by atoms with Crippen LogP contribution in [0.5, 0.6) is 0 Å². The quantitative estimate of drug-likeness (QED) is 0.268. The van der Waals surface area contributed by atoms with Crippen molar-refractivity contribution in [1.82, 2.24) is 0 Å². The van der Waals surface area contributed by atoms with Gasteiger partial charge in [-0.15, -0.1) is 0 Å². The predicted octanol–water partition coefficient (Wildman–Crippen LogP) is -1.56. The normalized spacial score (nSPS) is 6.67. The van der Waals surface area contributed by atoms with Crippen LogP contribution < -0.4 is 5.73 Å². The summed E-state index contributed by atoms with van der Waals surface area (Å²) >= 11 is 0. The van der Waals surface area contributed by atoms with Crippen LogP contribution in [0.4, 0.5) is 0 Å². The first kappa shape index (κ1) is 7.23. The second-order valence-electron chi connectivity index (χ2n) is 1.09. The average molecular weight is 125 g/mol. The lowest BCUT2D eigenvalue weighted by Crippen LogP contribution is -2.25. The molecule has 0 aromatic heterocycles. The van der Waals surface area contributed by atoms with Gasteiger partial charge < -0.3 is 16.8 Å². The van der Waals surface area contributed by atoms with Crippen LogP contribution >= 0.6 is 0 Å². The van der Waals surface area contributed by atoms with Crippen LogP contribution in [0.1, 0.15) is 0 Å². The number of hydrogen-bond acceptors (Lipinski definition) is 1. The van der Waals surface area contributed by atoms with Gasteiger partial charge in [-0.2, -0.15) is 9.58 Å². The number of carbonyl (C=O) groups excluding carboxylic acids is 1. The summed E-state index contributed by atoms with van der Waals surface area (Å²) < 4.78 is 0. The zero-order valence-electron chi connectivity index (χ0n) is 4.35. The summed E-state index contributed by atoms with van der Waals surface area (Å²) in [6.07, 6.45) is 0.627. The summed E-state index contributed by atoms with van der Waals surface area (Å²) in [5.74, 6) is -0.963. The molecule has 6 nitrogen and oxygen atoms in total. The molecule has 0 rings (SSSR count). The van der Waals surface area contributed by atoms with Gasteiger partial charge in [0.05, 0.1) is 0 Å². The molecule has 0 aliphatic heterocycles.